The predicted octanol–water partition coefficient (Wildman–Crippen LogP) is 1.54. The summed E-state index contributed by atoms with van der Waals surface area (Å²) in [5.41, 5.74) is 1.36. The van der Waals surface area contributed by atoms with Crippen LogP contribution in [0.25, 0.3) is 17.1 Å². The van der Waals surface area contributed by atoms with Gasteiger partial charge < -0.3 is 14.3 Å². The number of aromatic nitrogens is 5. The molecular weight excluding hydrogens is 324 g/mol. The van der Waals surface area contributed by atoms with Crippen molar-refractivity contribution in [2.24, 2.45) is 0 Å². The van der Waals surface area contributed by atoms with Crippen LogP contribution in [0.4, 0.5) is 0 Å². The molecule has 0 spiro atoms. The lowest BCUT2D eigenvalue weighted by molar-refractivity contribution is -0.120. The Hall–Kier alpha value is -3.49. The van der Waals surface area contributed by atoms with E-state index >= 15 is 0 Å². The van der Waals surface area contributed by atoms with Crippen molar-refractivity contribution >= 4 is 11.6 Å². The molecule has 0 saturated carbocycles. The molecule has 0 atom stereocenters. The fourth-order valence-corrected chi connectivity index (χ4v) is 2.40. The standard InChI is InChI=1S/C16H14N6O3/c1-10-18-16(25-21-10)11-4-5-13-19-20-14(22(13)9-11)7-15(23)17-8-12-3-2-6-24-12/h2-6,9H,7-8H2,1H3,(H,17,23). The zero-order valence-electron chi connectivity index (χ0n) is 13.3. The highest BCUT2D eigenvalue weighted by Crippen LogP contribution is 2.18. The Balaban J connectivity index is 1.54. The second-order valence-corrected chi connectivity index (χ2v) is 5.44. The van der Waals surface area contributed by atoms with Gasteiger partial charge in [-0.2, -0.15) is 4.98 Å². The van der Waals surface area contributed by atoms with Gasteiger partial charge >= 0.3 is 0 Å². The van der Waals surface area contributed by atoms with Gasteiger partial charge in [-0.05, 0) is 31.2 Å². The number of carbonyl (C=O) groups excluding carboxylic acids is 1. The van der Waals surface area contributed by atoms with Gasteiger partial charge in [0.15, 0.2) is 11.5 Å². The van der Waals surface area contributed by atoms with Gasteiger partial charge in [-0.15, -0.1) is 10.2 Å². The Bertz CT molecular complexity index is 1020. The minimum absolute atomic E-state index is 0.0915. The topological polar surface area (TPSA) is 111 Å². The van der Waals surface area contributed by atoms with Crippen LogP contribution in [0, 0.1) is 6.92 Å². The molecule has 9 heteroatoms. The summed E-state index contributed by atoms with van der Waals surface area (Å²) in [7, 11) is 0. The van der Waals surface area contributed by atoms with Crippen molar-refractivity contribution in [2.75, 3.05) is 0 Å². The Morgan fingerprint density at radius 2 is 2.20 bits per heavy atom. The number of carbonyl (C=O) groups is 1. The summed E-state index contributed by atoms with van der Waals surface area (Å²) >= 11 is 0. The summed E-state index contributed by atoms with van der Waals surface area (Å²) in [6.45, 7) is 2.08. The summed E-state index contributed by atoms with van der Waals surface area (Å²) in [4.78, 5) is 16.3. The number of hydrogen-bond donors (Lipinski definition) is 1. The van der Waals surface area contributed by atoms with Crippen molar-refractivity contribution in [2.45, 2.75) is 19.9 Å². The zero-order valence-corrected chi connectivity index (χ0v) is 13.3. The van der Waals surface area contributed by atoms with Crippen LogP contribution in [0.5, 0.6) is 0 Å². The molecule has 1 amide bonds. The Morgan fingerprint density at radius 3 is 2.96 bits per heavy atom. The number of fused-ring (bicyclic) bond motifs is 1. The fraction of sp³-hybridized carbons (Fsp3) is 0.188. The molecule has 4 heterocycles. The normalized spacial score (nSPS) is 11.1. The van der Waals surface area contributed by atoms with Gasteiger partial charge in [0.25, 0.3) is 5.89 Å². The molecule has 4 aromatic rings. The molecule has 4 aromatic heterocycles. The average Bonchev–Trinajstić information content (AvgIpc) is 3.34. The van der Waals surface area contributed by atoms with Crippen LogP contribution in [0.15, 0.2) is 45.7 Å². The van der Waals surface area contributed by atoms with Crippen molar-refractivity contribution in [1.29, 1.82) is 0 Å². The number of amides is 1. The number of furan rings is 1. The Morgan fingerprint density at radius 1 is 1.28 bits per heavy atom. The molecule has 1 N–H and O–H groups in total. The molecule has 0 aliphatic heterocycles. The summed E-state index contributed by atoms with van der Waals surface area (Å²) < 4.78 is 12.1. The van der Waals surface area contributed by atoms with Crippen LogP contribution >= 0.6 is 0 Å². The maximum Gasteiger partial charge on any atom is 0.259 e. The molecule has 0 radical (unpaired) electrons. The number of nitrogens with zero attached hydrogens (tertiary/aromatic N) is 5. The third-order valence-corrected chi connectivity index (χ3v) is 3.61. The van der Waals surface area contributed by atoms with Crippen LogP contribution in [0.3, 0.4) is 0 Å². The molecule has 25 heavy (non-hydrogen) atoms. The monoisotopic (exact) mass is 338 g/mol. The number of aryl methyl sites for hydroxylation is 1. The molecule has 9 nitrogen and oxygen atoms in total. The van der Waals surface area contributed by atoms with Gasteiger partial charge in [-0.3, -0.25) is 9.20 Å². The van der Waals surface area contributed by atoms with E-state index in [0.717, 1.165) is 5.56 Å². The quantitative estimate of drug-likeness (QED) is 0.587. The minimum Gasteiger partial charge on any atom is -0.467 e. The lowest BCUT2D eigenvalue weighted by atomic mass is 10.2. The van der Waals surface area contributed by atoms with Gasteiger partial charge in [0.05, 0.1) is 24.8 Å². The second-order valence-electron chi connectivity index (χ2n) is 5.44. The third-order valence-electron chi connectivity index (χ3n) is 3.61. The maximum absolute atomic E-state index is 12.1. The Kier molecular flexibility index (Phi) is 3.73. The molecule has 0 aromatic carbocycles. The number of pyridine rings is 1. The van der Waals surface area contributed by atoms with Crippen molar-refractivity contribution < 1.29 is 13.7 Å². The van der Waals surface area contributed by atoms with Gasteiger partial charge in [0, 0.05) is 6.20 Å². The van der Waals surface area contributed by atoms with Crippen LogP contribution in [-0.2, 0) is 17.8 Å². The van der Waals surface area contributed by atoms with E-state index < -0.39 is 0 Å². The number of rotatable bonds is 5. The first-order valence-corrected chi connectivity index (χ1v) is 7.62. The van der Waals surface area contributed by atoms with E-state index in [4.69, 9.17) is 8.94 Å². The molecule has 0 saturated heterocycles. The first kappa shape index (κ1) is 15.1. The van der Waals surface area contributed by atoms with Gasteiger partial charge in [0.1, 0.15) is 11.6 Å². The molecule has 0 aliphatic rings. The van der Waals surface area contributed by atoms with E-state index in [2.05, 4.69) is 25.7 Å². The van der Waals surface area contributed by atoms with Crippen molar-refractivity contribution in [3.05, 3.63) is 54.1 Å². The second kappa shape index (κ2) is 6.19. The molecule has 0 unspecified atom stereocenters. The minimum atomic E-state index is -0.176. The van der Waals surface area contributed by atoms with E-state index in [0.29, 0.717) is 35.5 Å². The highest BCUT2D eigenvalue weighted by atomic mass is 16.5. The lowest BCUT2D eigenvalue weighted by Crippen LogP contribution is -2.25. The van der Waals surface area contributed by atoms with Crippen molar-refractivity contribution in [1.82, 2.24) is 30.1 Å². The maximum atomic E-state index is 12.1. The summed E-state index contributed by atoms with van der Waals surface area (Å²) in [6.07, 6.45) is 3.43. The summed E-state index contributed by atoms with van der Waals surface area (Å²) in [5, 5.41) is 14.7. The van der Waals surface area contributed by atoms with E-state index in [1.807, 2.05) is 6.07 Å². The fourth-order valence-electron chi connectivity index (χ4n) is 2.40. The third kappa shape index (κ3) is 3.11. The summed E-state index contributed by atoms with van der Waals surface area (Å²) in [5.74, 6) is 1.99. The van der Waals surface area contributed by atoms with Crippen LogP contribution in [-0.4, -0.2) is 30.6 Å². The van der Waals surface area contributed by atoms with E-state index in [-0.39, 0.29) is 12.3 Å². The van der Waals surface area contributed by atoms with Crippen LogP contribution in [0.2, 0.25) is 0 Å². The number of hydrogen-bond acceptors (Lipinski definition) is 7. The largest absolute Gasteiger partial charge is 0.467 e. The summed E-state index contributed by atoms with van der Waals surface area (Å²) in [6, 6.07) is 7.17. The van der Waals surface area contributed by atoms with E-state index in [1.54, 1.807) is 42.0 Å². The molecule has 4 rings (SSSR count). The van der Waals surface area contributed by atoms with Gasteiger partial charge in [-0.1, -0.05) is 5.16 Å². The van der Waals surface area contributed by atoms with Crippen LogP contribution < -0.4 is 5.32 Å². The molecule has 126 valence electrons. The first-order valence-electron chi connectivity index (χ1n) is 7.62. The molecule has 0 bridgehead atoms. The highest BCUT2D eigenvalue weighted by molar-refractivity contribution is 5.78. The van der Waals surface area contributed by atoms with Gasteiger partial charge in [-0.25, -0.2) is 0 Å². The van der Waals surface area contributed by atoms with Crippen LogP contribution in [0.1, 0.15) is 17.4 Å². The van der Waals surface area contributed by atoms with Gasteiger partial charge in [0.2, 0.25) is 5.91 Å². The average molecular weight is 338 g/mol. The highest BCUT2D eigenvalue weighted by Gasteiger charge is 2.13. The molecule has 0 fully saturated rings. The van der Waals surface area contributed by atoms with E-state index in [1.165, 1.54) is 0 Å². The number of nitrogens with one attached hydrogen (secondary N) is 1. The van der Waals surface area contributed by atoms with Crippen molar-refractivity contribution in [3.63, 3.8) is 0 Å². The van der Waals surface area contributed by atoms with E-state index in [9.17, 15) is 4.79 Å². The smallest absolute Gasteiger partial charge is 0.259 e. The lowest BCUT2D eigenvalue weighted by Gasteiger charge is -2.03. The SMILES string of the molecule is Cc1noc(-c2ccc3nnc(CC(=O)NCc4ccco4)n3c2)n1. The molecular formula is C16H14N6O3. The zero-order chi connectivity index (χ0) is 17.2. The Labute approximate surface area is 141 Å². The van der Waals surface area contributed by atoms with Crippen molar-refractivity contribution in [3.8, 4) is 11.5 Å². The predicted molar refractivity (Wildman–Crippen MR) is 85.3 cm³/mol. The first-order chi connectivity index (χ1) is 12.2. The molecule has 0 aliphatic carbocycles.